The Hall–Kier alpha value is -0.630. The van der Waals surface area contributed by atoms with Crippen molar-refractivity contribution in [3.8, 4) is 0 Å². The van der Waals surface area contributed by atoms with Crippen molar-refractivity contribution in [2.24, 2.45) is 0 Å². The predicted octanol–water partition coefficient (Wildman–Crippen LogP) is 2.57. The zero-order chi connectivity index (χ0) is 14.5. The number of hydrogen-bond acceptors (Lipinski definition) is 5. The zero-order valence-corrected chi connectivity index (χ0v) is 13.2. The molecule has 0 fully saturated rings. The Bertz CT molecular complexity index is 558. The molecule has 8 heteroatoms. The molecule has 0 aliphatic carbocycles. The average molecular weight is 372 g/mol. The smallest absolute Gasteiger partial charge is 0.338 e. The topological polar surface area (TPSA) is 69.7 Å². The lowest BCUT2D eigenvalue weighted by atomic mass is 10.2. The monoisotopic (exact) mass is 370 g/mol. The van der Waals surface area contributed by atoms with Crippen LogP contribution in [0.3, 0.4) is 0 Å². The highest BCUT2D eigenvalue weighted by Gasteiger charge is 2.16. The molecule has 0 unspecified atom stereocenters. The molecule has 5 nitrogen and oxygen atoms in total. The molecular weight excluding hydrogens is 360 g/mol. The van der Waals surface area contributed by atoms with E-state index < -0.39 is 15.0 Å². The van der Waals surface area contributed by atoms with E-state index in [1.54, 1.807) is 0 Å². The summed E-state index contributed by atoms with van der Waals surface area (Å²) in [5.41, 5.74) is 0.102. The van der Waals surface area contributed by atoms with Gasteiger partial charge >= 0.3 is 5.97 Å². The van der Waals surface area contributed by atoms with Crippen molar-refractivity contribution in [1.29, 1.82) is 0 Å². The number of rotatable bonds is 6. The van der Waals surface area contributed by atoms with Crippen molar-refractivity contribution < 1.29 is 22.7 Å². The minimum atomic E-state index is -3.90. The van der Waals surface area contributed by atoms with Gasteiger partial charge in [-0.15, -0.1) is 0 Å². The number of hydrogen-bond donors (Lipinski definition) is 0. The fraction of sp³-hybridized carbons (Fsp3) is 0.364. The van der Waals surface area contributed by atoms with E-state index in [1.165, 1.54) is 12.1 Å². The van der Waals surface area contributed by atoms with Crippen LogP contribution in [-0.2, 0) is 18.5 Å². The molecule has 0 saturated carbocycles. The highest BCUT2D eigenvalue weighted by molar-refractivity contribution is 9.10. The molecule has 1 aromatic carbocycles. The lowest BCUT2D eigenvalue weighted by Gasteiger charge is -2.06. The van der Waals surface area contributed by atoms with Crippen molar-refractivity contribution >= 4 is 41.6 Å². The van der Waals surface area contributed by atoms with Crippen LogP contribution >= 0.6 is 26.6 Å². The Morgan fingerprint density at radius 1 is 1.32 bits per heavy atom. The van der Waals surface area contributed by atoms with Crippen molar-refractivity contribution in [1.82, 2.24) is 0 Å². The molecule has 0 spiro atoms. The Morgan fingerprint density at radius 2 is 2.00 bits per heavy atom. The summed E-state index contributed by atoms with van der Waals surface area (Å²) in [6.45, 7) is 2.75. The fourth-order valence-corrected chi connectivity index (χ4v) is 2.69. The van der Waals surface area contributed by atoms with Gasteiger partial charge in [-0.25, -0.2) is 13.2 Å². The van der Waals surface area contributed by atoms with Gasteiger partial charge in [-0.3, -0.25) is 0 Å². The second-order valence-corrected chi connectivity index (χ2v) is 6.93. The van der Waals surface area contributed by atoms with Crippen molar-refractivity contribution in [2.75, 3.05) is 19.8 Å². The summed E-state index contributed by atoms with van der Waals surface area (Å²) in [4.78, 5) is 11.5. The van der Waals surface area contributed by atoms with Gasteiger partial charge in [0.15, 0.2) is 0 Å². The van der Waals surface area contributed by atoms with E-state index in [9.17, 15) is 13.2 Å². The second kappa shape index (κ2) is 7.23. The molecule has 1 rings (SSSR count). The number of halogens is 2. The third-order valence-electron chi connectivity index (χ3n) is 2.05. The molecule has 0 N–H and O–H groups in total. The first-order valence-electron chi connectivity index (χ1n) is 5.34. The number of ether oxygens (including phenoxy) is 2. The van der Waals surface area contributed by atoms with Crippen molar-refractivity contribution in [2.45, 2.75) is 11.8 Å². The molecule has 0 radical (unpaired) electrons. The molecular formula is C11H12BrClO5S. The number of carbonyl (C=O) groups is 1. The van der Waals surface area contributed by atoms with Gasteiger partial charge in [-0.2, -0.15) is 0 Å². The molecule has 0 amide bonds. The fourth-order valence-electron chi connectivity index (χ4n) is 1.24. The van der Waals surface area contributed by atoms with Gasteiger partial charge in [0.05, 0.1) is 17.1 Å². The van der Waals surface area contributed by atoms with Crippen LogP contribution in [0.2, 0.25) is 0 Å². The van der Waals surface area contributed by atoms with E-state index in [-0.39, 0.29) is 23.7 Å². The van der Waals surface area contributed by atoms with Crippen molar-refractivity contribution in [3.05, 3.63) is 28.2 Å². The maximum Gasteiger partial charge on any atom is 0.338 e. The van der Waals surface area contributed by atoms with Crippen LogP contribution < -0.4 is 0 Å². The minimum Gasteiger partial charge on any atom is -0.460 e. The summed E-state index contributed by atoms with van der Waals surface area (Å²) in [5, 5.41) is 0. The first-order chi connectivity index (χ1) is 8.84. The van der Waals surface area contributed by atoms with E-state index in [0.717, 1.165) is 6.07 Å². The third-order valence-corrected chi connectivity index (χ3v) is 3.84. The van der Waals surface area contributed by atoms with Crippen LogP contribution in [0, 0.1) is 0 Å². The first kappa shape index (κ1) is 16.4. The van der Waals surface area contributed by atoms with E-state index >= 15 is 0 Å². The van der Waals surface area contributed by atoms with Gasteiger partial charge in [-0.1, -0.05) is 15.9 Å². The Kier molecular flexibility index (Phi) is 6.25. The summed E-state index contributed by atoms with van der Waals surface area (Å²) in [5.74, 6) is -0.637. The molecule has 0 aliphatic rings. The quantitative estimate of drug-likeness (QED) is 0.437. The Balaban J connectivity index is 2.83. The van der Waals surface area contributed by atoms with Crippen LogP contribution in [0.1, 0.15) is 17.3 Å². The normalized spacial score (nSPS) is 11.3. The lowest BCUT2D eigenvalue weighted by Crippen LogP contribution is -2.11. The van der Waals surface area contributed by atoms with E-state index in [1.807, 2.05) is 6.92 Å². The van der Waals surface area contributed by atoms with Crippen molar-refractivity contribution in [3.63, 3.8) is 0 Å². The van der Waals surface area contributed by atoms with Crippen LogP contribution in [-0.4, -0.2) is 34.2 Å². The van der Waals surface area contributed by atoms with Gasteiger partial charge in [0, 0.05) is 21.8 Å². The highest BCUT2D eigenvalue weighted by Crippen LogP contribution is 2.22. The van der Waals surface area contributed by atoms with Gasteiger partial charge in [0.25, 0.3) is 9.05 Å². The third kappa shape index (κ3) is 5.48. The molecule has 0 bridgehead atoms. The molecule has 0 heterocycles. The molecule has 0 saturated heterocycles. The summed E-state index contributed by atoms with van der Waals surface area (Å²) >= 11 is 3.11. The SMILES string of the molecule is CCOCCOC(=O)c1cc(Br)cc(S(=O)(=O)Cl)c1. The summed E-state index contributed by atoms with van der Waals surface area (Å²) in [6.07, 6.45) is 0. The largest absolute Gasteiger partial charge is 0.460 e. The lowest BCUT2D eigenvalue weighted by molar-refractivity contribution is 0.0335. The average Bonchev–Trinajstić information content (AvgIpc) is 2.32. The van der Waals surface area contributed by atoms with E-state index in [0.29, 0.717) is 11.1 Å². The maximum absolute atomic E-state index is 11.7. The second-order valence-electron chi connectivity index (χ2n) is 3.45. The van der Waals surface area contributed by atoms with Crippen LogP contribution in [0.15, 0.2) is 27.6 Å². The molecule has 0 aliphatic heterocycles. The summed E-state index contributed by atoms with van der Waals surface area (Å²) in [6, 6.07) is 3.92. The molecule has 19 heavy (non-hydrogen) atoms. The van der Waals surface area contributed by atoms with Crippen LogP contribution in [0.5, 0.6) is 0 Å². The van der Waals surface area contributed by atoms with E-state index in [2.05, 4.69) is 15.9 Å². The number of esters is 1. The maximum atomic E-state index is 11.7. The van der Waals surface area contributed by atoms with Gasteiger partial charge < -0.3 is 9.47 Å². The summed E-state index contributed by atoms with van der Waals surface area (Å²) < 4.78 is 32.8. The Labute approximate surface area is 124 Å². The molecule has 106 valence electrons. The first-order valence-corrected chi connectivity index (χ1v) is 8.45. The molecule has 0 aromatic heterocycles. The van der Waals surface area contributed by atoms with Crippen LogP contribution in [0.4, 0.5) is 0 Å². The molecule has 1 aromatic rings. The van der Waals surface area contributed by atoms with E-state index in [4.69, 9.17) is 20.2 Å². The zero-order valence-electron chi connectivity index (χ0n) is 10.1. The Morgan fingerprint density at radius 3 is 2.58 bits per heavy atom. The summed E-state index contributed by atoms with van der Waals surface area (Å²) in [7, 11) is 1.33. The molecule has 0 atom stereocenters. The predicted molar refractivity (Wildman–Crippen MR) is 74.0 cm³/mol. The van der Waals surface area contributed by atoms with Gasteiger partial charge in [0.2, 0.25) is 0 Å². The van der Waals surface area contributed by atoms with Gasteiger partial charge in [0.1, 0.15) is 6.61 Å². The van der Waals surface area contributed by atoms with Crippen LogP contribution in [0.25, 0.3) is 0 Å². The standard InChI is InChI=1S/C11H12BrClO5S/c1-2-17-3-4-18-11(14)8-5-9(12)7-10(6-8)19(13,15)16/h5-7H,2-4H2,1H3. The minimum absolute atomic E-state index is 0.0994. The van der Waals surface area contributed by atoms with Gasteiger partial charge in [-0.05, 0) is 25.1 Å². The highest BCUT2D eigenvalue weighted by atomic mass is 79.9. The number of benzene rings is 1. The number of carbonyl (C=O) groups excluding carboxylic acids is 1.